The van der Waals surface area contributed by atoms with Crippen molar-refractivity contribution in [3.63, 3.8) is 0 Å². The van der Waals surface area contributed by atoms with Crippen LogP contribution in [0.3, 0.4) is 0 Å². The van der Waals surface area contributed by atoms with Crippen LogP contribution < -0.4 is 5.32 Å². The van der Waals surface area contributed by atoms with Gasteiger partial charge in [0.25, 0.3) is 0 Å². The van der Waals surface area contributed by atoms with Crippen molar-refractivity contribution in [1.29, 1.82) is 0 Å². The molecule has 1 aromatic heterocycles. The van der Waals surface area contributed by atoms with Gasteiger partial charge < -0.3 is 5.32 Å². The Hall–Kier alpha value is -0.460. The highest BCUT2D eigenvalue weighted by Crippen LogP contribution is 2.21. The molecule has 0 radical (unpaired) electrons. The van der Waals surface area contributed by atoms with Crippen LogP contribution in [0, 0.1) is 10.5 Å². The minimum Gasteiger partial charge on any atom is -0.308 e. The Morgan fingerprint density at radius 2 is 2.05 bits per heavy atom. The first-order valence-corrected chi connectivity index (χ1v) is 8.54. The van der Waals surface area contributed by atoms with E-state index in [1.165, 1.54) is 14.8 Å². The SMILES string of the molecule is CCCNC(Cc1ccc(I)cc1)c1csc(C)n1. The van der Waals surface area contributed by atoms with E-state index >= 15 is 0 Å². The molecule has 1 aromatic carbocycles. The number of hydrogen-bond acceptors (Lipinski definition) is 3. The monoisotopic (exact) mass is 386 g/mol. The Balaban J connectivity index is 2.11. The molecule has 0 saturated carbocycles. The smallest absolute Gasteiger partial charge is 0.0898 e. The van der Waals surface area contributed by atoms with Crippen LogP contribution in [0.5, 0.6) is 0 Å². The molecule has 1 unspecified atom stereocenters. The number of hydrogen-bond donors (Lipinski definition) is 1. The maximum Gasteiger partial charge on any atom is 0.0898 e. The Labute approximate surface area is 132 Å². The summed E-state index contributed by atoms with van der Waals surface area (Å²) in [5, 5.41) is 6.92. The van der Waals surface area contributed by atoms with Gasteiger partial charge in [-0.1, -0.05) is 19.1 Å². The third-order valence-electron chi connectivity index (χ3n) is 2.99. The third-order valence-corrected chi connectivity index (χ3v) is 4.50. The van der Waals surface area contributed by atoms with Crippen molar-refractivity contribution in [3.05, 3.63) is 49.5 Å². The number of aryl methyl sites for hydroxylation is 1. The zero-order valence-electron chi connectivity index (χ0n) is 11.3. The predicted octanol–water partition coefficient (Wildman–Crippen LogP) is 4.34. The molecule has 2 nitrogen and oxygen atoms in total. The number of halogens is 1. The highest BCUT2D eigenvalue weighted by atomic mass is 127. The molecular formula is C15H19IN2S. The molecule has 1 atom stereocenters. The molecule has 0 aliphatic rings. The molecule has 0 bridgehead atoms. The van der Waals surface area contributed by atoms with E-state index in [0.29, 0.717) is 6.04 Å². The third kappa shape index (κ3) is 4.54. The van der Waals surface area contributed by atoms with E-state index in [1.807, 2.05) is 0 Å². The van der Waals surface area contributed by atoms with Crippen LogP contribution in [-0.4, -0.2) is 11.5 Å². The number of nitrogens with zero attached hydrogens (tertiary/aromatic N) is 1. The minimum absolute atomic E-state index is 0.324. The van der Waals surface area contributed by atoms with E-state index in [2.05, 4.69) is 76.4 Å². The van der Waals surface area contributed by atoms with Gasteiger partial charge in [-0.3, -0.25) is 0 Å². The van der Waals surface area contributed by atoms with Gasteiger partial charge in [0.1, 0.15) is 0 Å². The Morgan fingerprint density at radius 1 is 1.32 bits per heavy atom. The minimum atomic E-state index is 0.324. The van der Waals surface area contributed by atoms with Crippen molar-refractivity contribution in [2.45, 2.75) is 32.7 Å². The normalized spacial score (nSPS) is 12.6. The fourth-order valence-corrected chi connectivity index (χ4v) is 3.02. The van der Waals surface area contributed by atoms with Crippen LogP contribution >= 0.6 is 33.9 Å². The summed E-state index contributed by atoms with van der Waals surface area (Å²) < 4.78 is 1.28. The van der Waals surface area contributed by atoms with E-state index in [-0.39, 0.29) is 0 Å². The summed E-state index contributed by atoms with van der Waals surface area (Å²) in [4.78, 5) is 4.63. The van der Waals surface area contributed by atoms with Crippen molar-refractivity contribution in [1.82, 2.24) is 10.3 Å². The zero-order chi connectivity index (χ0) is 13.7. The van der Waals surface area contributed by atoms with Gasteiger partial charge in [-0.15, -0.1) is 11.3 Å². The molecule has 2 rings (SSSR count). The molecule has 0 amide bonds. The average Bonchev–Trinajstić information content (AvgIpc) is 2.83. The molecule has 0 fully saturated rings. The van der Waals surface area contributed by atoms with Crippen molar-refractivity contribution < 1.29 is 0 Å². The summed E-state index contributed by atoms with van der Waals surface area (Å²) in [6.07, 6.45) is 2.15. The van der Waals surface area contributed by atoms with Gasteiger partial charge in [0.05, 0.1) is 16.7 Å². The van der Waals surface area contributed by atoms with E-state index in [1.54, 1.807) is 11.3 Å². The van der Waals surface area contributed by atoms with Crippen molar-refractivity contribution in [3.8, 4) is 0 Å². The lowest BCUT2D eigenvalue weighted by molar-refractivity contribution is 0.519. The Kier molecular flexibility index (Phi) is 5.78. The summed E-state index contributed by atoms with van der Waals surface area (Å²) in [5.74, 6) is 0. The molecule has 0 saturated heterocycles. The standard InChI is InChI=1S/C15H19IN2S/c1-3-8-17-14(15-10-19-11(2)18-15)9-12-4-6-13(16)7-5-12/h4-7,10,14,17H,3,8-9H2,1-2H3. The van der Waals surface area contributed by atoms with Gasteiger partial charge in [0, 0.05) is 8.95 Å². The number of nitrogens with one attached hydrogen (secondary N) is 1. The number of rotatable bonds is 6. The molecule has 0 spiro atoms. The summed E-state index contributed by atoms with van der Waals surface area (Å²) in [7, 11) is 0. The van der Waals surface area contributed by atoms with Crippen LogP contribution in [0.2, 0.25) is 0 Å². The van der Waals surface area contributed by atoms with Gasteiger partial charge in [-0.05, 0) is 66.6 Å². The summed E-state index contributed by atoms with van der Waals surface area (Å²) >= 11 is 4.07. The Morgan fingerprint density at radius 3 is 2.63 bits per heavy atom. The Bertz CT molecular complexity index is 507. The van der Waals surface area contributed by atoms with Crippen LogP contribution in [0.4, 0.5) is 0 Å². The van der Waals surface area contributed by atoms with Gasteiger partial charge in [-0.2, -0.15) is 0 Å². The lowest BCUT2D eigenvalue weighted by Crippen LogP contribution is -2.24. The van der Waals surface area contributed by atoms with Crippen LogP contribution in [0.1, 0.15) is 35.7 Å². The summed E-state index contributed by atoms with van der Waals surface area (Å²) in [6, 6.07) is 9.08. The lowest BCUT2D eigenvalue weighted by atomic mass is 10.0. The quantitative estimate of drug-likeness (QED) is 0.748. The van der Waals surface area contributed by atoms with Gasteiger partial charge in [-0.25, -0.2) is 4.98 Å². The highest BCUT2D eigenvalue weighted by molar-refractivity contribution is 14.1. The molecule has 19 heavy (non-hydrogen) atoms. The molecule has 102 valence electrons. The van der Waals surface area contributed by atoms with E-state index < -0.39 is 0 Å². The van der Waals surface area contributed by atoms with Crippen molar-refractivity contribution >= 4 is 33.9 Å². The van der Waals surface area contributed by atoms with Gasteiger partial charge >= 0.3 is 0 Å². The molecule has 1 N–H and O–H groups in total. The first-order chi connectivity index (χ1) is 9.19. The van der Waals surface area contributed by atoms with Crippen molar-refractivity contribution in [2.75, 3.05) is 6.54 Å². The lowest BCUT2D eigenvalue weighted by Gasteiger charge is -2.16. The zero-order valence-corrected chi connectivity index (χ0v) is 14.3. The molecule has 2 aromatic rings. The fourth-order valence-electron chi connectivity index (χ4n) is 2.00. The topological polar surface area (TPSA) is 24.9 Å². The van der Waals surface area contributed by atoms with Crippen LogP contribution in [-0.2, 0) is 6.42 Å². The average molecular weight is 386 g/mol. The maximum absolute atomic E-state index is 4.63. The molecule has 0 aliphatic heterocycles. The van der Waals surface area contributed by atoms with Crippen molar-refractivity contribution in [2.24, 2.45) is 0 Å². The number of aromatic nitrogens is 1. The second-order valence-corrected chi connectivity index (χ2v) is 6.94. The molecule has 4 heteroatoms. The molecule has 1 heterocycles. The maximum atomic E-state index is 4.63. The van der Waals surface area contributed by atoms with Crippen LogP contribution in [0.25, 0.3) is 0 Å². The van der Waals surface area contributed by atoms with Crippen LogP contribution in [0.15, 0.2) is 29.6 Å². The second kappa shape index (κ2) is 7.36. The van der Waals surface area contributed by atoms with E-state index in [0.717, 1.165) is 24.4 Å². The van der Waals surface area contributed by atoms with E-state index in [9.17, 15) is 0 Å². The fraction of sp³-hybridized carbons (Fsp3) is 0.400. The number of thiazole rings is 1. The largest absolute Gasteiger partial charge is 0.308 e. The highest BCUT2D eigenvalue weighted by Gasteiger charge is 2.14. The second-order valence-electron chi connectivity index (χ2n) is 4.63. The van der Waals surface area contributed by atoms with Gasteiger partial charge in [0.15, 0.2) is 0 Å². The number of benzene rings is 1. The van der Waals surface area contributed by atoms with Gasteiger partial charge in [0.2, 0.25) is 0 Å². The van der Waals surface area contributed by atoms with E-state index in [4.69, 9.17) is 0 Å². The molecule has 0 aliphatic carbocycles. The predicted molar refractivity (Wildman–Crippen MR) is 90.7 cm³/mol. The molecular weight excluding hydrogens is 367 g/mol. The summed E-state index contributed by atoms with van der Waals surface area (Å²) in [6.45, 7) is 5.29. The first kappa shape index (κ1) is 14.9. The summed E-state index contributed by atoms with van der Waals surface area (Å²) in [5.41, 5.74) is 2.54. The first-order valence-electron chi connectivity index (χ1n) is 6.59.